The summed E-state index contributed by atoms with van der Waals surface area (Å²) in [5, 5.41) is 0. The van der Waals surface area contributed by atoms with Crippen molar-refractivity contribution in [2.75, 3.05) is 0 Å². The molecule has 0 aliphatic heterocycles. The molecule has 26 heavy (non-hydrogen) atoms. The van der Waals surface area contributed by atoms with E-state index in [1.807, 2.05) is 18.2 Å². The largest absolute Gasteiger partial charge is 1.00 e. The van der Waals surface area contributed by atoms with Crippen molar-refractivity contribution in [3.05, 3.63) is 95.1 Å². The van der Waals surface area contributed by atoms with Crippen LogP contribution in [0.25, 0.3) is 0 Å². The summed E-state index contributed by atoms with van der Waals surface area (Å²) >= 11 is 1.51. The maximum absolute atomic E-state index is 2.26. The van der Waals surface area contributed by atoms with E-state index in [1.54, 1.807) is 11.1 Å². The summed E-state index contributed by atoms with van der Waals surface area (Å²) in [7, 11) is 0. The van der Waals surface area contributed by atoms with Crippen molar-refractivity contribution in [2.45, 2.75) is 39.5 Å². The first-order chi connectivity index (χ1) is 11.7. The van der Waals surface area contributed by atoms with Crippen LogP contribution in [0.1, 0.15) is 42.0 Å². The van der Waals surface area contributed by atoms with Gasteiger partial charge < -0.3 is 24.8 Å². The van der Waals surface area contributed by atoms with E-state index >= 15 is 0 Å². The zero-order chi connectivity index (χ0) is 17.2. The molecule has 4 rings (SSSR count). The van der Waals surface area contributed by atoms with Gasteiger partial charge in [-0.25, -0.2) is 17.7 Å². The van der Waals surface area contributed by atoms with Gasteiger partial charge in [0.2, 0.25) is 0 Å². The normalized spacial score (nSPS) is 11.2. The van der Waals surface area contributed by atoms with Crippen molar-refractivity contribution in [1.29, 1.82) is 0 Å². The molecule has 3 aromatic carbocycles. The van der Waals surface area contributed by atoms with Crippen molar-refractivity contribution >= 4 is 3.21 Å². The van der Waals surface area contributed by atoms with Crippen LogP contribution in [0.5, 0.6) is 0 Å². The van der Waals surface area contributed by atoms with Crippen LogP contribution in [-0.4, -0.2) is 3.21 Å². The summed E-state index contributed by atoms with van der Waals surface area (Å²) in [5.74, 6) is 0. The summed E-state index contributed by atoms with van der Waals surface area (Å²) < 4.78 is 1.46. The van der Waals surface area contributed by atoms with Gasteiger partial charge in [0.25, 0.3) is 0 Å². The van der Waals surface area contributed by atoms with Crippen LogP contribution in [-0.2, 0) is 37.1 Å². The van der Waals surface area contributed by atoms with Gasteiger partial charge >= 0.3 is 70.3 Å². The Kier molecular flexibility index (Phi) is 13.9. The fraction of sp³-hybridized carbons (Fsp3) is 0.261. The summed E-state index contributed by atoms with van der Waals surface area (Å²) in [6, 6.07) is 25.4. The summed E-state index contributed by atoms with van der Waals surface area (Å²) in [5.41, 5.74) is 5.91. The Hall–Kier alpha value is -0.747. The van der Waals surface area contributed by atoms with E-state index in [0.717, 1.165) is 0 Å². The number of halogens is 2. The van der Waals surface area contributed by atoms with Gasteiger partial charge in [0.05, 0.1) is 0 Å². The number of benzene rings is 1. The van der Waals surface area contributed by atoms with Crippen LogP contribution < -0.4 is 24.8 Å². The molecule has 0 saturated heterocycles. The van der Waals surface area contributed by atoms with E-state index in [-0.39, 0.29) is 24.8 Å². The maximum atomic E-state index is 2.26. The van der Waals surface area contributed by atoms with E-state index in [9.17, 15) is 0 Å². The minimum atomic E-state index is 0. The third-order valence-corrected chi connectivity index (χ3v) is 4.90. The van der Waals surface area contributed by atoms with E-state index in [0.29, 0.717) is 0 Å². The number of aryl methyl sites for hydroxylation is 3. The Morgan fingerprint density at radius 2 is 1.62 bits per heavy atom. The van der Waals surface area contributed by atoms with Gasteiger partial charge in [-0.1, -0.05) is 32.6 Å². The van der Waals surface area contributed by atoms with Crippen LogP contribution >= 0.6 is 0 Å². The summed E-state index contributed by atoms with van der Waals surface area (Å²) in [6.07, 6.45) is 5.44. The molecule has 0 amide bonds. The zero-order valence-electron chi connectivity index (χ0n) is 15.5. The Balaban J connectivity index is 0.000000354. The molecule has 0 N–H and O–H groups in total. The monoisotopic (exact) mass is 462 g/mol. The second kappa shape index (κ2) is 14.3. The molecule has 0 atom stereocenters. The number of hydrogen-bond donors (Lipinski definition) is 0. The SMILES string of the molecule is C[C](=[Zr+2])c1ccccc1.Cc1cc[cH-]c1.[Cl-].[Cl-].c1cc2c([cH-]1)CCCC2. The van der Waals surface area contributed by atoms with Crippen LogP contribution in [0.4, 0.5) is 0 Å². The first-order valence-corrected chi connectivity index (χ1v) is 9.92. The van der Waals surface area contributed by atoms with Crippen molar-refractivity contribution in [3.8, 4) is 0 Å². The number of fused-ring (bicyclic) bond motifs is 1. The van der Waals surface area contributed by atoms with Crippen LogP contribution in [0.2, 0.25) is 0 Å². The third-order valence-electron chi connectivity index (χ3n) is 4.19. The van der Waals surface area contributed by atoms with Crippen molar-refractivity contribution in [3.63, 3.8) is 0 Å². The summed E-state index contributed by atoms with van der Waals surface area (Å²) in [4.78, 5) is 0. The first-order valence-electron chi connectivity index (χ1n) is 8.69. The Bertz CT molecular complexity index is 691. The molecular weight excluding hydrogens is 438 g/mol. The van der Waals surface area contributed by atoms with Gasteiger partial charge in [0, 0.05) is 0 Å². The van der Waals surface area contributed by atoms with Gasteiger partial charge in [-0.3, -0.25) is 0 Å². The van der Waals surface area contributed by atoms with E-state index in [1.165, 1.54) is 64.3 Å². The van der Waals surface area contributed by atoms with Crippen LogP contribution in [0.3, 0.4) is 0 Å². The van der Waals surface area contributed by atoms with Crippen molar-refractivity contribution in [2.24, 2.45) is 0 Å². The maximum Gasteiger partial charge on any atom is -0.0512 e. The fourth-order valence-corrected chi connectivity index (χ4v) is 3.18. The average Bonchev–Trinajstić information content (AvgIpc) is 3.28. The first kappa shape index (κ1) is 25.3. The minimum Gasteiger partial charge on any atom is -1.00 e. The van der Waals surface area contributed by atoms with Gasteiger partial charge in [0.1, 0.15) is 0 Å². The Morgan fingerprint density at radius 1 is 0.923 bits per heavy atom. The molecule has 0 bridgehead atoms. The molecule has 3 aromatic rings. The predicted octanol–water partition coefficient (Wildman–Crippen LogP) is -0.220. The van der Waals surface area contributed by atoms with Crippen LogP contribution in [0, 0.1) is 6.92 Å². The predicted molar refractivity (Wildman–Crippen MR) is 102 cm³/mol. The van der Waals surface area contributed by atoms with Gasteiger partial charge in [-0.05, 0) is 0 Å². The molecule has 0 fully saturated rings. The van der Waals surface area contributed by atoms with E-state index < -0.39 is 0 Å². The molecule has 0 saturated carbocycles. The molecule has 138 valence electrons. The molecule has 1 aliphatic carbocycles. The molecule has 0 aromatic heterocycles. The molecule has 0 nitrogen and oxygen atoms in total. The van der Waals surface area contributed by atoms with Crippen molar-refractivity contribution < 1.29 is 49.0 Å². The molecule has 1 aliphatic rings. The fourth-order valence-electron chi connectivity index (χ4n) is 2.77. The second-order valence-corrected chi connectivity index (χ2v) is 8.08. The minimum absolute atomic E-state index is 0. The van der Waals surface area contributed by atoms with E-state index in [2.05, 4.69) is 68.4 Å². The molecule has 0 spiro atoms. The molecule has 0 heterocycles. The van der Waals surface area contributed by atoms with Gasteiger partial charge in [-0.2, -0.15) is 41.5 Å². The third kappa shape index (κ3) is 9.27. The second-order valence-electron chi connectivity index (χ2n) is 6.24. The molecule has 3 heteroatoms. The number of rotatable bonds is 1. The topological polar surface area (TPSA) is 0 Å². The van der Waals surface area contributed by atoms with Gasteiger partial charge in [0.15, 0.2) is 0 Å². The Morgan fingerprint density at radius 3 is 2.08 bits per heavy atom. The summed E-state index contributed by atoms with van der Waals surface area (Å²) in [6.45, 7) is 4.24. The molecular formula is C23H26Cl2Zr-2. The standard InChI is InChI=1S/C9H11.C8H8.C6H7.2ClH.Zr/c1-2-5-9-7-3-6-8(9)4-1;1-2-8-6-4-3-5-7-8;1-6-4-2-3-5-6;;;/h3,6-7H,1-2,4-5H2;3-7H,1H3;2-5H,1H3;2*1H;/q-1;;-1;;;+2/p-2. The quantitative estimate of drug-likeness (QED) is 0.437. The van der Waals surface area contributed by atoms with Gasteiger partial charge in [-0.15, -0.1) is 0 Å². The smallest absolute Gasteiger partial charge is 0.0512 e. The zero-order valence-corrected chi connectivity index (χ0v) is 19.5. The molecule has 0 unspecified atom stereocenters. The van der Waals surface area contributed by atoms with E-state index in [4.69, 9.17) is 0 Å². The van der Waals surface area contributed by atoms with Crippen molar-refractivity contribution in [1.82, 2.24) is 0 Å². The van der Waals surface area contributed by atoms with Crippen LogP contribution in [0.15, 0.2) is 72.8 Å². The Labute approximate surface area is 185 Å². The number of hydrogen-bond acceptors (Lipinski definition) is 0. The molecule has 0 radical (unpaired) electrons. The average molecular weight is 465 g/mol.